The molecule has 1 N–H and O–H groups in total. The second-order valence-corrected chi connectivity index (χ2v) is 7.47. The lowest BCUT2D eigenvalue weighted by atomic mass is 9.88. The zero-order valence-electron chi connectivity index (χ0n) is 11.9. The summed E-state index contributed by atoms with van der Waals surface area (Å²) >= 11 is 0. The number of sulfone groups is 1. The number of aromatic nitrogens is 1. The Balaban J connectivity index is 1.71. The number of aryl methyl sites for hydroxylation is 1. The van der Waals surface area contributed by atoms with Crippen molar-refractivity contribution in [3.05, 3.63) is 53.7 Å². The zero-order chi connectivity index (χ0) is 14.9. The van der Waals surface area contributed by atoms with Gasteiger partial charge in [-0.3, -0.25) is 0 Å². The quantitative estimate of drug-likeness (QED) is 0.946. The first-order valence-electron chi connectivity index (χ1n) is 7.02. The molecular weight excluding hydrogens is 284 g/mol. The molecule has 1 aliphatic carbocycles. The van der Waals surface area contributed by atoms with Crippen LogP contribution in [0.2, 0.25) is 0 Å². The number of fused-ring (bicyclic) bond motifs is 1. The smallest absolute Gasteiger partial charge is 0.192 e. The van der Waals surface area contributed by atoms with Gasteiger partial charge in [0, 0.05) is 12.3 Å². The highest BCUT2D eigenvalue weighted by molar-refractivity contribution is 7.90. The maximum Gasteiger partial charge on any atom is 0.192 e. The van der Waals surface area contributed by atoms with Crippen molar-refractivity contribution in [2.75, 3.05) is 11.6 Å². The van der Waals surface area contributed by atoms with E-state index < -0.39 is 9.84 Å². The van der Waals surface area contributed by atoms with E-state index in [2.05, 4.69) is 34.6 Å². The van der Waals surface area contributed by atoms with Crippen LogP contribution >= 0.6 is 0 Å². The van der Waals surface area contributed by atoms with Gasteiger partial charge in [0.05, 0.1) is 11.9 Å². The van der Waals surface area contributed by atoms with Gasteiger partial charge in [-0.25, -0.2) is 13.4 Å². The molecule has 1 unspecified atom stereocenters. The second-order valence-electron chi connectivity index (χ2n) is 5.51. The van der Waals surface area contributed by atoms with Crippen molar-refractivity contribution in [1.82, 2.24) is 4.98 Å². The number of nitrogens with one attached hydrogen (secondary N) is 1. The van der Waals surface area contributed by atoms with Gasteiger partial charge >= 0.3 is 0 Å². The van der Waals surface area contributed by atoms with Gasteiger partial charge in [-0.15, -0.1) is 0 Å². The first kappa shape index (κ1) is 14.1. The third-order valence-electron chi connectivity index (χ3n) is 3.83. The van der Waals surface area contributed by atoms with Crippen molar-refractivity contribution in [2.24, 2.45) is 0 Å². The molecule has 1 aliphatic rings. The number of anilines is 1. The maximum absolute atomic E-state index is 11.4. The Morgan fingerprint density at radius 3 is 2.57 bits per heavy atom. The van der Waals surface area contributed by atoms with Crippen LogP contribution in [-0.4, -0.2) is 25.7 Å². The van der Waals surface area contributed by atoms with Gasteiger partial charge in [0.1, 0.15) is 0 Å². The van der Waals surface area contributed by atoms with E-state index >= 15 is 0 Å². The average molecular weight is 302 g/mol. The predicted molar refractivity (Wildman–Crippen MR) is 83.2 cm³/mol. The van der Waals surface area contributed by atoms with Gasteiger partial charge in [0.15, 0.2) is 14.9 Å². The number of hydrogen-bond acceptors (Lipinski definition) is 4. The minimum atomic E-state index is -3.23. The van der Waals surface area contributed by atoms with Crippen LogP contribution in [0.1, 0.15) is 17.5 Å². The maximum atomic E-state index is 11.4. The topological polar surface area (TPSA) is 59.1 Å². The first-order chi connectivity index (χ1) is 10.0. The predicted octanol–water partition coefficient (Wildman–Crippen LogP) is 2.45. The van der Waals surface area contributed by atoms with E-state index in [0.29, 0.717) is 6.04 Å². The molecule has 1 aromatic heterocycles. The van der Waals surface area contributed by atoms with Crippen LogP contribution in [0.15, 0.2) is 47.6 Å². The summed E-state index contributed by atoms with van der Waals surface area (Å²) < 4.78 is 22.8. The number of rotatable bonds is 3. The first-order valence-corrected chi connectivity index (χ1v) is 8.91. The van der Waals surface area contributed by atoms with Crippen molar-refractivity contribution in [1.29, 1.82) is 0 Å². The van der Waals surface area contributed by atoms with E-state index in [1.165, 1.54) is 17.4 Å². The fraction of sp³-hybridized carbons (Fsp3) is 0.312. The van der Waals surface area contributed by atoms with E-state index in [1.54, 1.807) is 18.3 Å². The SMILES string of the molecule is CS(=O)(=O)c1ccc(NC2CCc3ccccc3C2)cn1. The Labute approximate surface area is 125 Å². The minimum absolute atomic E-state index is 0.113. The lowest BCUT2D eigenvalue weighted by Gasteiger charge is -2.26. The molecule has 0 radical (unpaired) electrons. The highest BCUT2D eigenvalue weighted by Gasteiger charge is 2.18. The molecule has 1 atom stereocenters. The van der Waals surface area contributed by atoms with E-state index in [4.69, 9.17) is 0 Å². The van der Waals surface area contributed by atoms with Crippen molar-refractivity contribution >= 4 is 15.5 Å². The summed E-state index contributed by atoms with van der Waals surface area (Å²) in [5.74, 6) is 0. The van der Waals surface area contributed by atoms with Gasteiger partial charge in [-0.1, -0.05) is 24.3 Å². The molecule has 0 fully saturated rings. The third-order valence-corrected chi connectivity index (χ3v) is 4.84. The van der Waals surface area contributed by atoms with Crippen LogP contribution in [0, 0.1) is 0 Å². The molecule has 0 bridgehead atoms. The molecular formula is C16H18N2O2S. The highest BCUT2D eigenvalue weighted by Crippen LogP contribution is 2.23. The number of hydrogen-bond donors (Lipinski definition) is 1. The zero-order valence-corrected chi connectivity index (χ0v) is 12.7. The molecule has 110 valence electrons. The minimum Gasteiger partial charge on any atom is -0.381 e. The lowest BCUT2D eigenvalue weighted by molar-refractivity contribution is 0.598. The van der Waals surface area contributed by atoms with Crippen LogP contribution in [-0.2, 0) is 22.7 Å². The van der Waals surface area contributed by atoms with Gasteiger partial charge in [0.2, 0.25) is 0 Å². The summed E-state index contributed by atoms with van der Waals surface area (Å²) in [6.07, 6.45) is 5.90. The molecule has 0 spiro atoms. The van der Waals surface area contributed by atoms with Crippen molar-refractivity contribution in [2.45, 2.75) is 30.3 Å². The summed E-state index contributed by atoms with van der Waals surface area (Å²) in [5, 5.41) is 3.56. The molecule has 0 aliphatic heterocycles. The third kappa shape index (κ3) is 3.24. The largest absolute Gasteiger partial charge is 0.381 e. The number of pyridine rings is 1. The van der Waals surface area contributed by atoms with Crippen molar-refractivity contribution in [3.63, 3.8) is 0 Å². The molecule has 1 heterocycles. The van der Waals surface area contributed by atoms with Crippen molar-refractivity contribution in [3.8, 4) is 0 Å². The molecule has 5 heteroatoms. The average Bonchev–Trinajstić information content (AvgIpc) is 2.47. The summed E-state index contributed by atoms with van der Waals surface area (Å²) in [5.41, 5.74) is 3.69. The Hall–Kier alpha value is -1.88. The number of nitrogens with zero attached hydrogens (tertiary/aromatic N) is 1. The van der Waals surface area contributed by atoms with Crippen LogP contribution in [0.5, 0.6) is 0 Å². The Morgan fingerprint density at radius 1 is 1.14 bits per heavy atom. The summed E-state index contributed by atoms with van der Waals surface area (Å²) in [4.78, 5) is 4.01. The molecule has 2 aromatic rings. The molecule has 0 saturated carbocycles. The highest BCUT2D eigenvalue weighted by atomic mass is 32.2. The molecule has 1 aromatic carbocycles. The molecule has 0 saturated heterocycles. The van der Waals surface area contributed by atoms with E-state index in [0.717, 1.165) is 24.9 Å². The normalized spacial score (nSPS) is 18.0. The van der Waals surface area contributed by atoms with Crippen molar-refractivity contribution < 1.29 is 8.42 Å². The number of benzene rings is 1. The second kappa shape index (κ2) is 5.48. The summed E-state index contributed by atoms with van der Waals surface area (Å²) in [7, 11) is -3.23. The summed E-state index contributed by atoms with van der Waals surface area (Å²) in [6.45, 7) is 0. The van der Waals surface area contributed by atoms with Crippen LogP contribution in [0.25, 0.3) is 0 Å². The Kier molecular flexibility index (Phi) is 3.68. The lowest BCUT2D eigenvalue weighted by Crippen LogP contribution is -2.27. The standard InChI is InChI=1S/C16H18N2O2S/c1-21(19,20)16-9-8-15(11-17-16)18-14-7-6-12-4-2-3-5-13(12)10-14/h2-5,8-9,11,14,18H,6-7,10H2,1H3. The summed E-state index contributed by atoms with van der Waals surface area (Å²) in [6, 6.07) is 12.2. The van der Waals surface area contributed by atoms with Gasteiger partial charge in [0.25, 0.3) is 0 Å². The monoisotopic (exact) mass is 302 g/mol. The fourth-order valence-corrected chi connectivity index (χ4v) is 3.30. The van der Waals surface area contributed by atoms with E-state index in [9.17, 15) is 8.42 Å². The van der Waals surface area contributed by atoms with Crippen LogP contribution in [0.4, 0.5) is 5.69 Å². The molecule has 21 heavy (non-hydrogen) atoms. The van der Waals surface area contributed by atoms with Gasteiger partial charge < -0.3 is 5.32 Å². The molecule has 3 rings (SSSR count). The van der Waals surface area contributed by atoms with E-state index in [-0.39, 0.29) is 5.03 Å². The van der Waals surface area contributed by atoms with Gasteiger partial charge in [-0.2, -0.15) is 0 Å². The Morgan fingerprint density at radius 2 is 1.90 bits per heavy atom. The fourth-order valence-electron chi connectivity index (χ4n) is 2.74. The van der Waals surface area contributed by atoms with E-state index in [1.807, 2.05) is 0 Å². The molecule has 0 amide bonds. The van der Waals surface area contributed by atoms with Crippen LogP contribution in [0.3, 0.4) is 0 Å². The molecule has 4 nitrogen and oxygen atoms in total. The Bertz CT molecular complexity index is 739. The van der Waals surface area contributed by atoms with Crippen LogP contribution < -0.4 is 5.32 Å². The van der Waals surface area contributed by atoms with Gasteiger partial charge in [-0.05, 0) is 42.5 Å².